The van der Waals surface area contributed by atoms with Gasteiger partial charge in [-0.3, -0.25) is 0 Å². The predicted octanol–water partition coefficient (Wildman–Crippen LogP) is 0.479. The van der Waals surface area contributed by atoms with Crippen LogP contribution in [0.25, 0.3) is 0 Å². The van der Waals surface area contributed by atoms with E-state index in [1.807, 2.05) is 0 Å². The second-order valence-electron chi connectivity index (χ2n) is 2.45. The Morgan fingerprint density at radius 2 is 2.46 bits per heavy atom. The minimum absolute atomic E-state index is 0.191. The average Bonchev–Trinajstić information content (AvgIpc) is 2.54. The number of hydrogen-bond donors (Lipinski definition) is 2. The second kappa shape index (κ2) is 5.85. The number of aliphatic hydroxyl groups is 1. The van der Waals surface area contributed by atoms with E-state index in [9.17, 15) is 0 Å². The third kappa shape index (κ3) is 3.67. The van der Waals surface area contributed by atoms with Crippen LogP contribution in [0.2, 0.25) is 0 Å². The first-order chi connectivity index (χ1) is 6.36. The van der Waals surface area contributed by atoms with Crippen LogP contribution in [0.5, 0.6) is 0 Å². The smallest absolute Gasteiger partial charge is 0.202 e. The van der Waals surface area contributed by atoms with E-state index in [2.05, 4.69) is 14.7 Å². The molecule has 0 spiro atoms. The Hall–Kier alpha value is -0.720. The number of anilines is 1. The summed E-state index contributed by atoms with van der Waals surface area (Å²) in [4.78, 5) is 4.16. The van der Waals surface area contributed by atoms with Crippen LogP contribution >= 0.6 is 11.5 Å². The van der Waals surface area contributed by atoms with Crippen LogP contribution in [0.3, 0.4) is 0 Å². The van der Waals surface area contributed by atoms with Crippen LogP contribution in [0, 0.1) is 0 Å². The number of aromatic nitrogens is 2. The van der Waals surface area contributed by atoms with Crippen molar-refractivity contribution in [2.45, 2.75) is 13.0 Å². The summed E-state index contributed by atoms with van der Waals surface area (Å²) in [6.07, 6.45) is 0.721. The number of rotatable bonds is 6. The van der Waals surface area contributed by atoms with Crippen LogP contribution in [-0.4, -0.2) is 34.7 Å². The molecule has 0 bridgehead atoms. The van der Waals surface area contributed by atoms with Crippen LogP contribution in [0.1, 0.15) is 12.2 Å². The van der Waals surface area contributed by atoms with E-state index in [-0.39, 0.29) is 6.61 Å². The van der Waals surface area contributed by atoms with E-state index in [0.29, 0.717) is 12.4 Å². The molecular weight excluding hydrogens is 190 g/mol. The Morgan fingerprint density at radius 1 is 1.62 bits per heavy atom. The van der Waals surface area contributed by atoms with Gasteiger partial charge in [0.15, 0.2) is 5.82 Å². The molecule has 1 heterocycles. The lowest BCUT2D eigenvalue weighted by molar-refractivity contribution is 0.179. The van der Waals surface area contributed by atoms with Crippen molar-refractivity contribution in [1.29, 1.82) is 0 Å². The third-order valence-electron chi connectivity index (χ3n) is 1.35. The first kappa shape index (κ1) is 10.4. The summed E-state index contributed by atoms with van der Waals surface area (Å²) in [6.45, 7) is 1.35. The van der Waals surface area contributed by atoms with Crippen molar-refractivity contribution in [3.8, 4) is 0 Å². The van der Waals surface area contributed by atoms with Crippen molar-refractivity contribution < 1.29 is 9.84 Å². The van der Waals surface area contributed by atoms with Gasteiger partial charge >= 0.3 is 0 Å². The van der Waals surface area contributed by atoms with E-state index < -0.39 is 0 Å². The number of ether oxygens (including phenoxy) is 1. The number of nitrogens with one attached hydrogen (secondary N) is 1. The van der Waals surface area contributed by atoms with Gasteiger partial charge in [-0.05, 0) is 6.42 Å². The molecule has 0 aliphatic rings. The zero-order chi connectivity index (χ0) is 9.52. The monoisotopic (exact) mass is 203 g/mol. The lowest BCUT2D eigenvalue weighted by atomic mass is 10.5. The fraction of sp³-hybridized carbons (Fsp3) is 0.714. The molecule has 0 atom stereocenters. The topological polar surface area (TPSA) is 67.3 Å². The van der Waals surface area contributed by atoms with E-state index in [1.54, 1.807) is 7.11 Å². The fourth-order valence-electron chi connectivity index (χ4n) is 0.788. The molecule has 6 heteroatoms. The molecule has 0 saturated heterocycles. The molecule has 5 nitrogen and oxygen atoms in total. The van der Waals surface area contributed by atoms with E-state index in [0.717, 1.165) is 18.1 Å². The van der Waals surface area contributed by atoms with Gasteiger partial charge in [-0.1, -0.05) is 0 Å². The Kier molecular flexibility index (Phi) is 4.66. The highest BCUT2D eigenvalue weighted by Gasteiger charge is 2.01. The summed E-state index contributed by atoms with van der Waals surface area (Å²) in [5.74, 6) is 0.694. The molecule has 0 saturated carbocycles. The maximum atomic E-state index is 8.54. The van der Waals surface area contributed by atoms with Crippen LogP contribution in [-0.2, 0) is 11.3 Å². The van der Waals surface area contributed by atoms with Gasteiger partial charge in [0.25, 0.3) is 0 Å². The standard InChI is InChI=1S/C7H13N3O2S/c1-12-5-6-9-7(13-10-6)8-3-2-4-11/h11H,2-5H2,1H3,(H,8,9,10). The Labute approximate surface area is 80.9 Å². The number of methoxy groups -OCH3 is 1. The van der Waals surface area contributed by atoms with Gasteiger partial charge in [0.2, 0.25) is 5.13 Å². The summed E-state index contributed by atoms with van der Waals surface area (Å²) in [7, 11) is 1.61. The van der Waals surface area contributed by atoms with Crippen LogP contribution in [0.15, 0.2) is 0 Å². The molecule has 1 rings (SSSR count). The number of hydrogen-bond acceptors (Lipinski definition) is 6. The highest BCUT2D eigenvalue weighted by molar-refractivity contribution is 7.09. The van der Waals surface area contributed by atoms with Crippen molar-refractivity contribution in [3.05, 3.63) is 5.82 Å². The zero-order valence-electron chi connectivity index (χ0n) is 7.49. The van der Waals surface area contributed by atoms with Crippen molar-refractivity contribution in [2.75, 3.05) is 25.6 Å². The minimum atomic E-state index is 0.191. The summed E-state index contributed by atoms with van der Waals surface area (Å²) in [5.41, 5.74) is 0. The Balaban J connectivity index is 2.31. The molecule has 13 heavy (non-hydrogen) atoms. The molecule has 1 aromatic rings. The van der Waals surface area contributed by atoms with Gasteiger partial charge in [0.05, 0.1) is 0 Å². The molecule has 0 fully saturated rings. The molecule has 0 amide bonds. The highest BCUT2D eigenvalue weighted by Crippen LogP contribution is 2.10. The van der Waals surface area contributed by atoms with E-state index >= 15 is 0 Å². The van der Waals surface area contributed by atoms with Crippen molar-refractivity contribution >= 4 is 16.7 Å². The van der Waals surface area contributed by atoms with Gasteiger partial charge in [-0.15, -0.1) is 0 Å². The lowest BCUT2D eigenvalue weighted by Gasteiger charge is -1.97. The normalized spacial score (nSPS) is 10.3. The van der Waals surface area contributed by atoms with Gasteiger partial charge in [-0.2, -0.15) is 4.37 Å². The second-order valence-corrected chi connectivity index (χ2v) is 3.20. The van der Waals surface area contributed by atoms with Crippen LogP contribution < -0.4 is 5.32 Å². The zero-order valence-corrected chi connectivity index (χ0v) is 8.30. The first-order valence-corrected chi connectivity index (χ1v) is 4.80. The summed E-state index contributed by atoms with van der Waals surface area (Å²) < 4.78 is 8.95. The third-order valence-corrected chi connectivity index (χ3v) is 2.06. The fourth-order valence-corrected chi connectivity index (χ4v) is 1.39. The Morgan fingerprint density at radius 3 is 3.15 bits per heavy atom. The van der Waals surface area contributed by atoms with Gasteiger partial charge < -0.3 is 15.2 Å². The highest BCUT2D eigenvalue weighted by atomic mass is 32.1. The molecule has 1 aromatic heterocycles. The van der Waals surface area contributed by atoms with Crippen molar-refractivity contribution in [3.63, 3.8) is 0 Å². The Bertz CT molecular complexity index is 241. The summed E-state index contributed by atoms with van der Waals surface area (Å²) in [6, 6.07) is 0. The van der Waals surface area contributed by atoms with Crippen molar-refractivity contribution in [2.24, 2.45) is 0 Å². The molecule has 0 radical (unpaired) electrons. The predicted molar refractivity (Wildman–Crippen MR) is 50.8 cm³/mol. The summed E-state index contributed by atoms with van der Waals surface area (Å²) >= 11 is 1.31. The molecular formula is C7H13N3O2S. The van der Waals surface area contributed by atoms with Gasteiger partial charge in [0.1, 0.15) is 6.61 Å². The SMILES string of the molecule is COCc1nsc(NCCCO)n1. The maximum absolute atomic E-state index is 8.54. The minimum Gasteiger partial charge on any atom is -0.396 e. The molecule has 0 aliphatic carbocycles. The molecule has 2 N–H and O–H groups in total. The van der Waals surface area contributed by atoms with Crippen LogP contribution in [0.4, 0.5) is 5.13 Å². The van der Waals surface area contributed by atoms with Crippen molar-refractivity contribution in [1.82, 2.24) is 9.36 Å². The molecule has 0 aromatic carbocycles. The molecule has 0 aliphatic heterocycles. The van der Waals surface area contributed by atoms with E-state index in [4.69, 9.17) is 9.84 Å². The largest absolute Gasteiger partial charge is 0.396 e. The van der Waals surface area contributed by atoms with Gasteiger partial charge in [-0.25, -0.2) is 4.98 Å². The summed E-state index contributed by atoms with van der Waals surface area (Å²) in [5, 5.41) is 12.4. The molecule has 74 valence electrons. The van der Waals surface area contributed by atoms with Gasteiger partial charge in [0, 0.05) is 31.8 Å². The maximum Gasteiger partial charge on any atom is 0.202 e. The first-order valence-electron chi connectivity index (χ1n) is 4.03. The number of aliphatic hydroxyl groups excluding tert-OH is 1. The number of nitrogens with zero attached hydrogens (tertiary/aromatic N) is 2. The quantitative estimate of drug-likeness (QED) is 0.658. The molecule has 0 unspecified atom stereocenters. The van der Waals surface area contributed by atoms with E-state index in [1.165, 1.54) is 11.5 Å². The average molecular weight is 203 g/mol. The lowest BCUT2D eigenvalue weighted by Crippen LogP contribution is -2.03.